The van der Waals surface area contributed by atoms with Crippen molar-refractivity contribution < 1.29 is 9.90 Å². The number of nitrogens with one attached hydrogen (secondary N) is 1. The van der Waals surface area contributed by atoms with Gasteiger partial charge in [0.15, 0.2) is 5.69 Å². The van der Waals surface area contributed by atoms with Crippen LogP contribution >= 0.6 is 11.8 Å². The van der Waals surface area contributed by atoms with Gasteiger partial charge in [0.2, 0.25) is 0 Å². The van der Waals surface area contributed by atoms with E-state index >= 15 is 0 Å². The summed E-state index contributed by atoms with van der Waals surface area (Å²) in [5, 5.41) is 12.4. The fourth-order valence-corrected chi connectivity index (χ4v) is 2.69. The molecule has 2 rings (SSSR count). The van der Waals surface area contributed by atoms with Gasteiger partial charge in [-0.3, -0.25) is 0 Å². The molecular weight excluding hydrogens is 250 g/mol. The van der Waals surface area contributed by atoms with Gasteiger partial charge in [-0.2, -0.15) is 11.8 Å². The molecule has 2 N–H and O–H groups in total. The van der Waals surface area contributed by atoms with Gasteiger partial charge in [-0.25, -0.2) is 14.8 Å². The minimum atomic E-state index is -0.959. The maximum Gasteiger partial charge on any atom is 0.354 e. The van der Waals surface area contributed by atoms with Gasteiger partial charge < -0.3 is 10.4 Å². The molecule has 0 unspecified atom stereocenters. The highest BCUT2D eigenvalue weighted by molar-refractivity contribution is 7.98. The van der Waals surface area contributed by atoms with E-state index in [1.54, 1.807) is 11.8 Å². The van der Waals surface area contributed by atoms with Gasteiger partial charge in [-0.05, 0) is 12.2 Å². The number of aromatic nitrogens is 2. The molecule has 1 aromatic rings. The van der Waals surface area contributed by atoms with Crippen LogP contribution in [-0.4, -0.2) is 33.3 Å². The van der Waals surface area contributed by atoms with Crippen molar-refractivity contribution in [3.63, 3.8) is 0 Å². The first-order chi connectivity index (χ1) is 8.72. The van der Waals surface area contributed by atoms with Gasteiger partial charge in [-0.1, -0.05) is 6.92 Å². The Bertz CT molecular complexity index is 451. The number of thioether (sulfide) groups is 1. The number of nitrogens with zero attached hydrogens (tertiary/aromatic N) is 2. The van der Waals surface area contributed by atoms with Crippen molar-refractivity contribution in [2.24, 2.45) is 0 Å². The van der Waals surface area contributed by atoms with E-state index < -0.39 is 5.97 Å². The predicted octanol–water partition coefficient (Wildman–Crippen LogP) is 1.46. The molecule has 6 heteroatoms. The molecule has 2 heterocycles. The van der Waals surface area contributed by atoms with E-state index in [-0.39, 0.29) is 5.69 Å². The average Bonchev–Trinajstić information content (AvgIpc) is 2.38. The Morgan fingerprint density at radius 2 is 2.33 bits per heavy atom. The van der Waals surface area contributed by atoms with Crippen molar-refractivity contribution in [2.75, 3.05) is 12.3 Å². The summed E-state index contributed by atoms with van der Waals surface area (Å²) in [6.07, 6.45) is 1.88. The van der Waals surface area contributed by atoms with Crippen LogP contribution in [0.5, 0.6) is 0 Å². The maximum absolute atomic E-state index is 11.2. The van der Waals surface area contributed by atoms with Crippen molar-refractivity contribution in [2.45, 2.75) is 32.1 Å². The molecular formula is C12H17N3O2S. The zero-order valence-electron chi connectivity index (χ0n) is 10.4. The van der Waals surface area contributed by atoms with E-state index in [2.05, 4.69) is 22.2 Å². The van der Waals surface area contributed by atoms with E-state index in [1.165, 1.54) is 0 Å². The van der Waals surface area contributed by atoms with Crippen molar-refractivity contribution in [1.29, 1.82) is 0 Å². The van der Waals surface area contributed by atoms with Crippen molar-refractivity contribution in [3.05, 3.63) is 22.8 Å². The molecule has 0 fully saturated rings. The molecule has 0 saturated carbocycles. The molecule has 0 amide bonds. The van der Waals surface area contributed by atoms with Crippen molar-refractivity contribution >= 4 is 17.7 Å². The van der Waals surface area contributed by atoms with Gasteiger partial charge in [0, 0.05) is 25.1 Å². The molecule has 0 atom stereocenters. The monoisotopic (exact) mass is 267 g/mol. The van der Waals surface area contributed by atoms with E-state index in [0.29, 0.717) is 18.1 Å². The first-order valence-electron chi connectivity index (χ1n) is 6.12. The van der Waals surface area contributed by atoms with Crippen LogP contribution < -0.4 is 5.32 Å². The Morgan fingerprint density at radius 1 is 1.50 bits per heavy atom. The van der Waals surface area contributed by atoms with Crippen LogP contribution in [0.2, 0.25) is 0 Å². The number of hydrogen-bond donors (Lipinski definition) is 2. The predicted molar refractivity (Wildman–Crippen MR) is 70.9 cm³/mol. The molecule has 1 aromatic heterocycles. The van der Waals surface area contributed by atoms with Crippen LogP contribution in [0.15, 0.2) is 0 Å². The van der Waals surface area contributed by atoms with Crippen LogP contribution in [0.3, 0.4) is 0 Å². The Hall–Kier alpha value is -1.14. The molecule has 0 aliphatic carbocycles. The number of aromatic carboxylic acids is 1. The highest BCUT2D eigenvalue weighted by Gasteiger charge is 2.21. The van der Waals surface area contributed by atoms with Crippen LogP contribution in [-0.2, 0) is 18.7 Å². The molecule has 18 heavy (non-hydrogen) atoms. The molecule has 0 radical (unpaired) electrons. The Balaban J connectivity index is 2.26. The summed E-state index contributed by atoms with van der Waals surface area (Å²) in [6.45, 7) is 3.53. The lowest BCUT2D eigenvalue weighted by Gasteiger charge is -2.18. The highest BCUT2D eigenvalue weighted by atomic mass is 32.2. The van der Waals surface area contributed by atoms with Crippen LogP contribution in [0.25, 0.3) is 0 Å². The summed E-state index contributed by atoms with van der Waals surface area (Å²) in [7, 11) is 0. The Kier molecular flexibility index (Phi) is 4.54. The fraction of sp³-hybridized carbons (Fsp3) is 0.583. The molecule has 0 spiro atoms. The summed E-state index contributed by atoms with van der Waals surface area (Å²) in [5.74, 6) is 1.42. The van der Waals surface area contributed by atoms with E-state index in [4.69, 9.17) is 0 Å². The molecule has 5 nitrogen and oxygen atoms in total. The lowest BCUT2D eigenvalue weighted by Crippen LogP contribution is -2.28. The highest BCUT2D eigenvalue weighted by Crippen LogP contribution is 2.18. The van der Waals surface area contributed by atoms with Crippen molar-refractivity contribution in [1.82, 2.24) is 15.3 Å². The fourth-order valence-electron chi connectivity index (χ4n) is 1.94. The molecule has 98 valence electrons. The van der Waals surface area contributed by atoms with Gasteiger partial charge >= 0.3 is 5.97 Å². The summed E-state index contributed by atoms with van der Waals surface area (Å²) >= 11 is 1.74. The van der Waals surface area contributed by atoms with Gasteiger partial charge in [0.25, 0.3) is 0 Å². The average molecular weight is 267 g/mol. The molecule has 0 bridgehead atoms. The summed E-state index contributed by atoms with van der Waals surface area (Å²) in [5.41, 5.74) is 1.81. The first kappa shape index (κ1) is 13.3. The molecule has 0 saturated heterocycles. The number of carboxylic acid groups (broad SMARTS) is 1. The van der Waals surface area contributed by atoms with E-state index in [9.17, 15) is 9.90 Å². The second-order valence-electron chi connectivity index (χ2n) is 4.20. The smallest absolute Gasteiger partial charge is 0.354 e. The second kappa shape index (κ2) is 6.15. The topological polar surface area (TPSA) is 75.1 Å². The third-order valence-electron chi connectivity index (χ3n) is 2.76. The van der Waals surface area contributed by atoms with Crippen LogP contribution in [0, 0.1) is 0 Å². The van der Waals surface area contributed by atoms with E-state index in [0.717, 1.165) is 36.4 Å². The third-order valence-corrected chi connectivity index (χ3v) is 3.92. The minimum Gasteiger partial charge on any atom is -0.476 e. The number of carboxylic acids is 1. The second-order valence-corrected chi connectivity index (χ2v) is 5.30. The SMILES string of the molecule is CCCSCc1nc2c(c(C(=O)O)n1)CNCC2. The number of rotatable bonds is 5. The molecule has 1 aliphatic heterocycles. The van der Waals surface area contributed by atoms with Gasteiger partial charge in [-0.15, -0.1) is 0 Å². The zero-order chi connectivity index (χ0) is 13.0. The molecule has 0 aromatic carbocycles. The van der Waals surface area contributed by atoms with Gasteiger partial charge in [0.1, 0.15) is 5.82 Å². The van der Waals surface area contributed by atoms with Crippen LogP contribution in [0.1, 0.15) is 40.9 Å². The van der Waals surface area contributed by atoms with Gasteiger partial charge in [0.05, 0.1) is 11.4 Å². The third kappa shape index (κ3) is 3.00. The lowest BCUT2D eigenvalue weighted by atomic mass is 10.1. The van der Waals surface area contributed by atoms with E-state index in [1.807, 2.05) is 0 Å². The number of fused-ring (bicyclic) bond motifs is 1. The van der Waals surface area contributed by atoms with Crippen molar-refractivity contribution in [3.8, 4) is 0 Å². The quantitative estimate of drug-likeness (QED) is 0.787. The lowest BCUT2D eigenvalue weighted by molar-refractivity contribution is 0.0688. The number of carbonyl (C=O) groups is 1. The molecule has 1 aliphatic rings. The number of hydrogen-bond acceptors (Lipinski definition) is 5. The normalized spacial score (nSPS) is 14.3. The largest absolute Gasteiger partial charge is 0.476 e. The first-order valence-corrected chi connectivity index (χ1v) is 7.28. The Labute approximate surface area is 110 Å². The van der Waals surface area contributed by atoms with Crippen LogP contribution in [0.4, 0.5) is 0 Å². The minimum absolute atomic E-state index is 0.166. The maximum atomic E-state index is 11.2. The zero-order valence-corrected chi connectivity index (χ0v) is 11.2. The summed E-state index contributed by atoms with van der Waals surface area (Å²) in [4.78, 5) is 19.9. The standard InChI is InChI=1S/C12H17N3O2S/c1-2-5-18-7-10-14-9-3-4-13-6-8(9)11(15-10)12(16)17/h13H,2-7H2,1H3,(H,16,17). The summed E-state index contributed by atoms with van der Waals surface area (Å²) < 4.78 is 0. The summed E-state index contributed by atoms with van der Waals surface area (Å²) in [6, 6.07) is 0. The Morgan fingerprint density at radius 3 is 3.06 bits per heavy atom.